The number of pyridine rings is 1. The van der Waals surface area contributed by atoms with E-state index in [0.717, 1.165) is 6.54 Å². The summed E-state index contributed by atoms with van der Waals surface area (Å²) in [5.41, 5.74) is 1.70. The predicted molar refractivity (Wildman–Crippen MR) is 80.9 cm³/mol. The van der Waals surface area contributed by atoms with Crippen molar-refractivity contribution >= 4 is 13.9 Å². The smallest absolute Gasteiger partial charge is 0.271 e. The number of hydrogen-bond donors (Lipinski definition) is 1. The largest absolute Gasteiger partial charge is 0.278 e. The minimum Gasteiger partial charge on any atom is -0.271 e. The number of nitrogens with one attached hydrogen (secondary N) is 1. The van der Waals surface area contributed by atoms with Gasteiger partial charge < -0.3 is 0 Å². The molecule has 0 aromatic carbocycles. The Bertz CT molecular complexity index is 446. The molecule has 2 nitrogen and oxygen atoms in total. The van der Waals surface area contributed by atoms with Crippen LogP contribution in [-0.2, 0) is 12.0 Å². The minimum atomic E-state index is -0.974. The lowest BCUT2D eigenvalue weighted by Gasteiger charge is -2.20. The van der Waals surface area contributed by atoms with Crippen LogP contribution >= 0.6 is 0 Å². The second-order valence-electron chi connectivity index (χ2n) is 7.36. The molecule has 3 heteroatoms. The molecule has 2 heterocycles. The zero-order chi connectivity index (χ0) is 13.6. The molecule has 1 N–H and O–H groups in total. The van der Waals surface area contributed by atoms with E-state index in [1.165, 1.54) is 17.4 Å². The summed E-state index contributed by atoms with van der Waals surface area (Å²) in [6.07, 6.45) is 2.22. The van der Waals surface area contributed by atoms with Gasteiger partial charge in [-0.05, 0) is 25.1 Å². The molecule has 0 fully saturated rings. The molecule has 2 rings (SSSR count). The highest BCUT2D eigenvalue weighted by Crippen LogP contribution is 2.38. The molecule has 0 saturated carbocycles. The van der Waals surface area contributed by atoms with Crippen molar-refractivity contribution in [1.82, 2.24) is 0 Å². The highest BCUT2D eigenvalue weighted by Gasteiger charge is 2.43. The standard InChI is InChI=1S/C15H26N2Si/c1-12-15(2,3)13-8-7-9-17(14(13)16-12)10-11-18(4,5)6/h7-9,12H,10-11H2,1-6H3/p+1. The number of anilines is 1. The van der Waals surface area contributed by atoms with Crippen molar-refractivity contribution in [1.29, 1.82) is 0 Å². The lowest BCUT2D eigenvalue weighted by atomic mass is 9.82. The van der Waals surface area contributed by atoms with Crippen molar-refractivity contribution in [3.05, 3.63) is 23.9 Å². The van der Waals surface area contributed by atoms with Gasteiger partial charge in [-0.2, -0.15) is 0 Å². The number of aromatic nitrogens is 1. The number of aryl methyl sites for hydroxylation is 1. The molecule has 0 amide bonds. The molecule has 0 bridgehead atoms. The number of hydrogen-bond acceptors (Lipinski definition) is 1. The van der Waals surface area contributed by atoms with Crippen molar-refractivity contribution in [2.24, 2.45) is 0 Å². The Morgan fingerprint density at radius 2 is 2.00 bits per heavy atom. The fourth-order valence-corrected chi connectivity index (χ4v) is 3.40. The van der Waals surface area contributed by atoms with Crippen LogP contribution in [0.5, 0.6) is 0 Å². The van der Waals surface area contributed by atoms with E-state index in [4.69, 9.17) is 0 Å². The molecule has 18 heavy (non-hydrogen) atoms. The molecular formula is C15H27N2Si+. The fraction of sp³-hybridized carbons (Fsp3) is 0.667. The van der Waals surface area contributed by atoms with Gasteiger partial charge in [-0.25, -0.2) is 4.57 Å². The molecule has 0 radical (unpaired) electrons. The van der Waals surface area contributed by atoms with Gasteiger partial charge in [0.15, 0.2) is 0 Å². The van der Waals surface area contributed by atoms with Crippen LogP contribution < -0.4 is 9.88 Å². The fourth-order valence-electron chi connectivity index (χ4n) is 2.49. The van der Waals surface area contributed by atoms with Crippen LogP contribution in [0.1, 0.15) is 26.3 Å². The van der Waals surface area contributed by atoms with E-state index in [0.29, 0.717) is 6.04 Å². The van der Waals surface area contributed by atoms with E-state index in [9.17, 15) is 0 Å². The van der Waals surface area contributed by atoms with E-state index < -0.39 is 8.07 Å². The Labute approximate surface area is 112 Å². The first-order chi connectivity index (χ1) is 8.22. The third-order valence-electron chi connectivity index (χ3n) is 4.30. The summed E-state index contributed by atoms with van der Waals surface area (Å²) in [4.78, 5) is 0. The van der Waals surface area contributed by atoms with Crippen LogP contribution in [0, 0.1) is 0 Å². The third-order valence-corrected chi connectivity index (χ3v) is 6.03. The first-order valence-corrected chi connectivity index (χ1v) is 10.7. The number of rotatable bonds is 3. The summed E-state index contributed by atoms with van der Waals surface area (Å²) < 4.78 is 2.42. The molecule has 0 saturated heterocycles. The Morgan fingerprint density at radius 1 is 1.33 bits per heavy atom. The van der Waals surface area contributed by atoms with Gasteiger partial charge in [-0.15, -0.1) is 0 Å². The highest BCUT2D eigenvalue weighted by atomic mass is 28.3. The van der Waals surface area contributed by atoms with Crippen molar-refractivity contribution in [2.75, 3.05) is 5.32 Å². The van der Waals surface area contributed by atoms with Crippen LogP contribution in [-0.4, -0.2) is 14.1 Å². The summed E-state index contributed by atoms with van der Waals surface area (Å²) in [5.74, 6) is 1.34. The van der Waals surface area contributed by atoms with Gasteiger partial charge in [0.25, 0.3) is 5.82 Å². The molecule has 1 aliphatic rings. The monoisotopic (exact) mass is 263 g/mol. The van der Waals surface area contributed by atoms with Crippen molar-refractivity contribution < 1.29 is 4.57 Å². The molecule has 1 aliphatic heterocycles. The van der Waals surface area contributed by atoms with E-state index >= 15 is 0 Å². The minimum absolute atomic E-state index is 0.234. The highest BCUT2D eigenvalue weighted by molar-refractivity contribution is 6.76. The van der Waals surface area contributed by atoms with E-state index in [-0.39, 0.29) is 5.41 Å². The molecule has 100 valence electrons. The van der Waals surface area contributed by atoms with Gasteiger partial charge in [0.05, 0.1) is 18.3 Å². The maximum Gasteiger partial charge on any atom is 0.278 e. The third kappa shape index (κ3) is 2.46. The average Bonchev–Trinajstić information content (AvgIpc) is 2.47. The molecule has 1 aromatic rings. The maximum absolute atomic E-state index is 3.67. The Balaban J connectivity index is 2.29. The normalized spacial score (nSPS) is 21.6. The van der Waals surface area contributed by atoms with Gasteiger partial charge >= 0.3 is 0 Å². The molecule has 1 aromatic heterocycles. The average molecular weight is 263 g/mol. The summed E-state index contributed by atoms with van der Waals surface area (Å²) in [6.45, 7) is 15.4. The van der Waals surface area contributed by atoms with E-state index in [2.05, 4.69) is 68.6 Å². The molecule has 0 spiro atoms. The zero-order valence-electron chi connectivity index (χ0n) is 12.7. The van der Waals surface area contributed by atoms with Gasteiger partial charge in [-0.1, -0.05) is 33.5 Å². The SMILES string of the molecule is CC1Nc2c(ccc[n+]2CC[Si](C)(C)C)C1(C)C. The van der Waals surface area contributed by atoms with Crippen LogP contribution in [0.2, 0.25) is 25.7 Å². The van der Waals surface area contributed by atoms with Crippen LogP contribution in [0.4, 0.5) is 5.82 Å². The second kappa shape index (κ2) is 4.37. The molecule has 1 atom stereocenters. The van der Waals surface area contributed by atoms with Gasteiger partial charge in [0, 0.05) is 13.5 Å². The molecule has 0 aliphatic carbocycles. The van der Waals surface area contributed by atoms with Crippen LogP contribution in [0.25, 0.3) is 0 Å². The summed E-state index contributed by atoms with van der Waals surface area (Å²) >= 11 is 0. The van der Waals surface area contributed by atoms with Crippen molar-refractivity contribution in [3.8, 4) is 0 Å². The van der Waals surface area contributed by atoms with Crippen molar-refractivity contribution in [2.45, 2.75) is 64.5 Å². The Morgan fingerprint density at radius 3 is 2.61 bits per heavy atom. The van der Waals surface area contributed by atoms with Gasteiger partial charge in [0.1, 0.15) is 6.04 Å². The predicted octanol–water partition coefficient (Wildman–Crippen LogP) is 3.40. The zero-order valence-corrected chi connectivity index (χ0v) is 13.7. The summed E-state index contributed by atoms with van der Waals surface area (Å²) in [5, 5.41) is 3.67. The van der Waals surface area contributed by atoms with Gasteiger partial charge in [-0.3, -0.25) is 5.32 Å². The summed E-state index contributed by atoms with van der Waals surface area (Å²) in [7, 11) is -0.974. The Hall–Kier alpha value is -0.833. The maximum atomic E-state index is 3.67. The lowest BCUT2D eigenvalue weighted by Crippen LogP contribution is -2.40. The van der Waals surface area contributed by atoms with E-state index in [1.807, 2.05) is 0 Å². The molecule has 1 unspecified atom stereocenters. The molecular weight excluding hydrogens is 236 g/mol. The lowest BCUT2D eigenvalue weighted by molar-refractivity contribution is -0.679. The Kier molecular flexibility index (Phi) is 3.30. The second-order valence-corrected chi connectivity index (χ2v) is 13.0. The van der Waals surface area contributed by atoms with Crippen LogP contribution in [0.3, 0.4) is 0 Å². The van der Waals surface area contributed by atoms with E-state index in [1.54, 1.807) is 0 Å². The van der Waals surface area contributed by atoms with Crippen LogP contribution in [0.15, 0.2) is 18.3 Å². The first-order valence-electron chi connectivity index (χ1n) is 7.01. The summed E-state index contributed by atoms with van der Waals surface area (Å²) in [6, 6.07) is 6.32. The van der Waals surface area contributed by atoms with Crippen molar-refractivity contribution in [3.63, 3.8) is 0 Å². The first kappa shape index (κ1) is 13.6. The quantitative estimate of drug-likeness (QED) is 0.653. The number of fused-ring (bicyclic) bond motifs is 1. The number of nitrogens with zero attached hydrogens (tertiary/aromatic N) is 1. The topological polar surface area (TPSA) is 15.9 Å². The van der Waals surface area contributed by atoms with Gasteiger partial charge in [0.2, 0.25) is 0 Å².